The van der Waals surface area contributed by atoms with Crippen molar-refractivity contribution in [3.05, 3.63) is 23.3 Å². The Morgan fingerprint density at radius 2 is 1.92 bits per heavy atom. The highest BCUT2D eigenvalue weighted by molar-refractivity contribution is 7.91. The van der Waals surface area contributed by atoms with Crippen LogP contribution in [0.1, 0.15) is 37.1 Å². The van der Waals surface area contributed by atoms with Crippen LogP contribution in [0.25, 0.3) is 21.6 Å². The molecule has 0 spiro atoms. The second kappa shape index (κ2) is 10.9. The Hall–Kier alpha value is -2.50. The number of hydrogen-bond acceptors (Lipinski definition) is 10. The van der Waals surface area contributed by atoms with Crippen LogP contribution in [0.3, 0.4) is 0 Å². The molecule has 0 unspecified atom stereocenters. The summed E-state index contributed by atoms with van der Waals surface area (Å²) in [6.45, 7) is 5.96. The summed E-state index contributed by atoms with van der Waals surface area (Å²) >= 11 is 1.54. The molecule has 0 saturated carbocycles. The van der Waals surface area contributed by atoms with E-state index in [1.54, 1.807) is 24.6 Å². The van der Waals surface area contributed by atoms with Gasteiger partial charge in [-0.05, 0) is 58.2 Å². The number of nitrogens with one attached hydrogen (secondary N) is 1. The summed E-state index contributed by atoms with van der Waals surface area (Å²) in [4.78, 5) is 17.4. The molecule has 0 amide bonds. The average molecular weight is 532 g/mol. The van der Waals surface area contributed by atoms with E-state index in [2.05, 4.69) is 15.2 Å². The van der Waals surface area contributed by atoms with E-state index >= 15 is 0 Å². The predicted octanol–water partition coefficient (Wildman–Crippen LogP) is 3.92. The molecule has 3 aromatic rings. The first-order valence-electron chi connectivity index (χ1n) is 12.5. The molecule has 0 atom stereocenters. The van der Waals surface area contributed by atoms with Crippen LogP contribution in [0.15, 0.2) is 18.3 Å². The van der Waals surface area contributed by atoms with Crippen molar-refractivity contribution < 1.29 is 17.9 Å². The maximum absolute atomic E-state index is 11.9. The van der Waals surface area contributed by atoms with Crippen LogP contribution in [0.4, 0.5) is 5.82 Å². The van der Waals surface area contributed by atoms with Gasteiger partial charge in [-0.25, -0.2) is 23.4 Å². The number of benzene rings is 1. The number of fused-ring (bicyclic) bond motifs is 1. The molecular weight excluding hydrogens is 498 g/mol. The highest BCUT2D eigenvalue weighted by atomic mass is 32.2. The number of methoxy groups -OCH3 is 1. The van der Waals surface area contributed by atoms with Crippen molar-refractivity contribution in [2.24, 2.45) is 0 Å². The summed E-state index contributed by atoms with van der Waals surface area (Å²) in [5.74, 6) is 2.92. The first-order chi connectivity index (χ1) is 17.4. The molecule has 1 aromatic carbocycles. The van der Waals surface area contributed by atoms with Crippen LogP contribution < -0.4 is 14.8 Å². The maximum atomic E-state index is 11.9. The molecule has 9 nitrogen and oxygen atoms in total. The van der Waals surface area contributed by atoms with E-state index in [1.165, 1.54) is 25.9 Å². The Balaban J connectivity index is 1.43. The molecule has 0 radical (unpaired) electrons. The van der Waals surface area contributed by atoms with Gasteiger partial charge in [0.2, 0.25) is 0 Å². The summed E-state index contributed by atoms with van der Waals surface area (Å²) in [6.07, 6.45) is 6.42. The van der Waals surface area contributed by atoms with Gasteiger partial charge in [0.05, 0.1) is 40.6 Å². The number of likely N-dealkylation sites (tertiary alicyclic amines) is 1. The number of aromatic nitrogens is 3. The topological polar surface area (TPSA) is 107 Å². The van der Waals surface area contributed by atoms with Crippen LogP contribution in [-0.2, 0) is 9.84 Å². The standard InChI is InChI=1S/C25H33N5O4S2/c1-17-26-16-23(35-17)25-28-20-15-22(34-11-5-10-30-8-3-4-9-30)21(33-2)14-19(20)24(29-25)27-18-6-12-36(31,32)13-7-18/h14-16,18H,3-13H2,1-2H3,(H,27,28,29). The fourth-order valence-electron chi connectivity index (χ4n) is 4.80. The van der Waals surface area contributed by atoms with E-state index in [1.807, 2.05) is 19.1 Å². The van der Waals surface area contributed by atoms with Crippen LogP contribution >= 0.6 is 11.3 Å². The van der Waals surface area contributed by atoms with Gasteiger partial charge in [-0.3, -0.25) is 0 Å². The number of ether oxygens (including phenoxy) is 2. The number of thiazole rings is 1. The largest absolute Gasteiger partial charge is 0.493 e. The quantitative estimate of drug-likeness (QED) is 0.411. The third kappa shape index (κ3) is 5.90. The number of nitrogens with zero attached hydrogens (tertiary/aromatic N) is 4. The molecule has 2 fully saturated rings. The fraction of sp³-hybridized carbons (Fsp3) is 0.560. The molecule has 2 aliphatic rings. The summed E-state index contributed by atoms with van der Waals surface area (Å²) in [7, 11) is -1.32. The number of anilines is 1. The van der Waals surface area contributed by atoms with Crippen molar-refractivity contribution in [3.8, 4) is 22.2 Å². The lowest BCUT2D eigenvalue weighted by molar-refractivity contribution is 0.254. The third-order valence-electron chi connectivity index (χ3n) is 6.79. The van der Waals surface area contributed by atoms with Crippen LogP contribution in [-0.4, -0.2) is 79.2 Å². The molecule has 2 aromatic heterocycles. The Morgan fingerprint density at radius 1 is 1.14 bits per heavy atom. The minimum atomic E-state index is -2.95. The molecule has 5 rings (SSSR count). The molecule has 1 N–H and O–H groups in total. The average Bonchev–Trinajstić information content (AvgIpc) is 3.54. The third-order valence-corrected chi connectivity index (χ3v) is 9.42. The van der Waals surface area contributed by atoms with Crippen molar-refractivity contribution in [3.63, 3.8) is 0 Å². The van der Waals surface area contributed by atoms with Gasteiger partial charge in [0.25, 0.3) is 0 Å². The van der Waals surface area contributed by atoms with Gasteiger partial charge in [-0.15, -0.1) is 11.3 Å². The van der Waals surface area contributed by atoms with Gasteiger partial charge >= 0.3 is 0 Å². The summed E-state index contributed by atoms with van der Waals surface area (Å²) in [5.41, 5.74) is 0.743. The molecular formula is C25H33N5O4S2. The highest BCUT2D eigenvalue weighted by Crippen LogP contribution is 2.37. The zero-order valence-corrected chi connectivity index (χ0v) is 22.5. The molecule has 194 valence electrons. The zero-order valence-electron chi connectivity index (χ0n) is 20.8. The van der Waals surface area contributed by atoms with Crippen molar-refractivity contribution in [2.75, 3.05) is 50.2 Å². The van der Waals surface area contributed by atoms with Crippen LogP contribution in [0.5, 0.6) is 11.5 Å². The molecule has 11 heteroatoms. The molecule has 4 heterocycles. The lowest BCUT2D eigenvalue weighted by Crippen LogP contribution is -2.32. The van der Waals surface area contributed by atoms with E-state index in [0.717, 1.165) is 33.8 Å². The number of rotatable bonds is 9. The fourth-order valence-corrected chi connectivity index (χ4v) is 7.00. The molecule has 2 aliphatic heterocycles. The summed E-state index contributed by atoms with van der Waals surface area (Å²) < 4.78 is 35.6. The monoisotopic (exact) mass is 531 g/mol. The summed E-state index contributed by atoms with van der Waals surface area (Å²) in [6, 6.07) is 3.85. The molecule has 0 aliphatic carbocycles. The smallest absolute Gasteiger partial charge is 0.173 e. The predicted molar refractivity (Wildman–Crippen MR) is 143 cm³/mol. The maximum Gasteiger partial charge on any atom is 0.173 e. The normalized spacial score (nSPS) is 18.5. The second-order valence-electron chi connectivity index (χ2n) is 9.48. The summed E-state index contributed by atoms with van der Waals surface area (Å²) in [5, 5.41) is 5.26. The highest BCUT2D eigenvalue weighted by Gasteiger charge is 2.25. The van der Waals surface area contributed by atoms with Gasteiger partial charge in [0.15, 0.2) is 17.3 Å². The number of hydrogen-bond donors (Lipinski definition) is 1. The van der Waals surface area contributed by atoms with E-state index in [-0.39, 0.29) is 17.5 Å². The van der Waals surface area contributed by atoms with Gasteiger partial charge in [0.1, 0.15) is 15.7 Å². The minimum absolute atomic E-state index is 0.0233. The number of aryl methyl sites for hydroxylation is 1. The van der Waals surface area contributed by atoms with E-state index < -0.39 is 9.84 Å². The van der Waals surface area contributed by atoms with Crippen molar-refractivity contribution >= 4 is 37.9 Å². The van der Waals surface area contributed by atoms with E-state index in [9.17, 15) is 8.42 Å². The first kappa shape index (κ1) is 25.2. The SMILES string of the molecule is COc1cc2c(NC3CCS(=O)(=O)CC3)nc(-c3cnc(C)s3)nc2cc1OCCCN1CCCC1. The lowest BCUT2D eigenvalue weighted by atomic mass is 10.1. The van der Waals surface area contributed by atoms with Crippen LogP contribution in [0, 0.1) is 6.92 Å². The van der Waals surface area contributed by atoms with Gasteiger partial charge in [-0.2, -0.15) is 0 Å². The van der Waals surface area contributed by atoms with Crippen molar-refractivity contribution in [2.45, 2.75) is 45.1 Å². The van der Waals surface area contributed by atoms with E-state index in [4.69, 9.17) is 19.4 Å². The minimum Gasteiger partial charge on any atom is -0.493 e. The molecule has 36 heavy (non-hydrogen) atoms. The van der Waals surface area contributed by atoms with Gasteiger partial charge in [0, 0.05) is 30.2 Å². The Labute approximate surface area is 216 Å². The molecule has 0 bridgehead atoms. The van der Waals surface area contributed by atoms with E-state index in [0.29, 0.717) is 42.6 Å². The van der Waals surface area contributed by atoms with Crippen LogP contribution in [0.2, 0.25) is 0 Å². The first-order valence-corrected chi connectivity index (χ1v) is 15.2. The van der Waals surface area contributed by atoms with Crippen molar-refractivity contribution in [1.82, 2.24) is 19.9 Å². The number of sulfone groups is 1. The second-order valence-corrected chi connectivity index (χ2v) is 13.0. The van der Waals surface area contributed by atoms with Crippen molar-refractivity contribution in [1.29, 1.82) is 0 Å². The van der Waals surface area contributed by atoms with Gasteiger partial charge in [-0.1, -0.05) is 0 Å². The Bertz CT molecular complexity index is 1310. The lowest BCUT2D eigenvalue weighted by Gasteiger charge is -2.24. The molecule has 2 saturated heterocycles. The Kier molecular flexibility index (Phi) is 7.59. The Morgan fingerprint density at radius 3 is 2.61 bits per heavy atom. The zero-order chi connectivity index (χ0) is 25.1. The van der Waals surface area contributed by atoms with Gasteiger partial charge < -0.3 is 19.7 Å².